The molecule has 0 aliphatic carbocycles. The maximum Gasteiger partial charge on any atom is 0.317 e. The van der Waals surface area contributed by atoms with Crippen LogP contribution in [0.25, 0.3) is 0 Å². The van der Waals surface area contributed by atoms with Crippen LogP contribution in [-0.2, 0) is 11.2 Å². The van der Waals surface area contributed by atoms with Gasteiger partial charge in [-0.3, -0.25) is 4.79 Å². The first-order valence-corrected chi connectivity index (χ1v) is 9.48. The average Bonchev–Trinajstić information content (AvgIpc) is 3.18. The van der Waals surface area contributed by atoms with Crippen LogP contribution in [-0.4, -0.2) is 62.1 Å². The minimum absolute atomic E-state index is 0.0171. The number of amides is 3. The highest BCUT2D eigenvalue weighted by Crippen LogP contribution is 2.32. The molecular weight excluding hydrogens is 330 g/mol. The van der Waals surface area contributed by atoms with Crippen LogP contribution in [0.15, 0.2) is 24.3 Å². The van der Waals surface area contributed by atoms with Crippen LogP contribution in [0.1, 0.15) is 24.8 Å². The number of carbonyl (C=O) groups is 2. The summed E-state index contributed by atoms with van der Waals surface area (Å²) in [6.07, 6.45) is 3.54. The first kappa shape index (κ1) is 18.5. The number of rotatable bonds is 4. The van der Waals surface area contributed by atoms with E-state index in [9.17, 15) is 9.59 Å². The van der Waals surface area contributed by atoms with Crippen LogP contribution in [0.3, 0.4) is 0 Å². The molecular formula is C20H29N3O3. The predicted molar refractivity (Wildman–Crippen MR) is 100 cm³/mol. The van der Waals surface area contributed by atoms with Crippen molar-refractivity contribution < 1.29 is 14.3 Å². The second kappa shape index (κ2) is 8.43. The number of piperidine rings is 1. The van der Waals surface area contributed by atoms with Crippen molar-refractivity contribution in [2.75, 3.05) is 40.3 Å². The molecule has 6 heteroatoms. The molecule has 0 bridgehead atoms. The van der Waals surface area contributed by atoms with E-state index in [1.54, 1.807) is 14.2 Å². The molecule has 1 aromatic rings. The molecule has 0 radical (unpaired) electrons. The molecule has 3 amide bonds. The molecule has 0 spiro atoms. The summed E-state index contributed by atoms with van der Waals surface area (Å²) in [5.41, 5.74) is 0.947. The zero-order valence-electron chi connectivity index (χ0n) is 15.7. The fourth-order valence-electron chi connectivity index (χ4n) is 4.25. The first-order valence-electron chi connectivity index (χ1n) is 9.48. The first-order chi connectivity index (χ1) is 12.6. The summed E-state index contributed by atoms with van der Waals surface area (Å²) in [5.74, 6) is 2.13. The number of nitrogens with zero attached hydrogens (tertiary/aromatic N) is 2. The number of para-hydroxylation sites is 1. The molecule has 1 atom stereocenters. The number of carbonyl (C=O) groups excluding carboxylic acids is 2. The Hall–Kier alpha value is -2.24. The van der Waals surface area contributed by atoms with Crippen LogP contribution in [0.2, 0.25) is 0 Å². The molecule has 26 heavy (non-hydrogen) atoms. The quantitative estimate of drug-likeness (QED) is 0.896. The van der Waals surface area contributed by atoms with Crippen LogP contribution >= 0.6 is 0 Å². The fraction of sp³-hybridized carbons (Fsp3) is 0.600. The highest BCUT2D eigenvalue weighted by atomic mass is 16.5. The molecule has 2 fully saturated rings. The lowest BCUT2D eigenvalue weighted by Crippen LogP contribution is -2.44. The van der Waals surface area contributed by atoms with E-state index < -0.39 is 0 Å². The van der Waals surface area contributed by atoms with Gasteiger partial charge in [-0.2, -0.15) is 0 Å². The van der Waals surface area contributed by atoms with E-state index in [0.717, 1.165) is 56.8 Å². The Kier molecular flexibility index (Phi) is 6.01. The Balaban J connectivity index is 1.51. The average molecular weight is 359 g/mol. The predicted octanol–water partition coefficient (Wildman–Crippen LogP) is 2.14. The summed E-state index contributed by atoms with van der Waals surface area (Å²) < 4.78 is 5.36. The summed E-state index contributed by atoms with van der Waals surface area (Å²) in [5, 5.41) is 2.70. The molecule has 2 saturated heterocycles. The lowest BCUT2D eigenvalue weighted by atomic mass is 9.84. The number of nitrogens with one attached hydrogen (secondary N) is 1. The molecule has 2 heterocycles. The van der Waals surface area contributed by atoms with Gasteiger partial charge in [-0.15, -0.1) is 0 Å². The number of hydrogen-bond acceptors (Lipinski definition) is 3. The Morgan fingerprint density at radius 2 is 1.73 bits per heavy atom. The number of benzene rings is 1. The van der Waals surface area contributed by atoms with Gasteiger partial charge in [-0.05, 0) is 37.2 Å². The van der Waals surface area contributed by atoms with Crippen molar-refractivity contribution in [3.8, 4) is 5.75 Å². The molecule has 0 saturated carbocycles. The van der Waals surface area contributed by atoms with Gasteiger partial charge in [0.25, 0.3) is 0 Å². The normalized spacial score (nSPS) is 20.9. The second-order valence-electron chi connectivity index (χ2n) is 7.26. The maximum absolute atomic E-state index is 12.7. The number of methoxy groups -OCH3 is 1. The van der Waals surface area contributed by atoms with Crippen molar-refractivity contribution in [1.29, 1.82) is 0 Å². The smallest absolute Gasteiger partial charge is 0.317 e. The highest BCUT2D eigenvalue weighted by Gasteiger charge is 2.34. The molecule has 2 aliphatic heterocycles. The summed E-state index contributed by atoms with van der Waals surface area (Å²) in [4.78, 5) is 28.3. The Morgan fingerprint density at radius 3 is 2.42 bits per heavy atom. The molecule has 1 N–H and O–H groups in total. The third-order valence-electron chi connectivity index (χ3n) is 5.82. The summed E-state index contributed by atoms with van der Waals surface area (Å²) in [6, 6.07) is 7.74. The van der Waals surface area contributed by atoms with Gasteiger partial charge in [0.15, 0.2) is 0 Å². The molecule has 142 valence electrons. The Morgan fingerprint density at radius 1 is 1.08 bits per heavy atom. The van der Waals surface area contributed by atoms with Gasteiger partial charge in [0.05, 0.1) is 13.5 Å². The van der Waals surface area contributed by atoms with Crippen molar-refractivity contribution in [1.82, 2.24) is 15.1 Å². The van der Waals surface area contributed by atoms with E-state index in [0.29, 0.717) is 18.3 Å². The summed E-state index contributed by atoms with van der Waals surface area (Å²) in [7, 11) is 3.32. The van der Waals surface area contributed by atoms with Gasteiger partial charge < -0.3 is 19.9 Å². The summed E-state index contributed by atoms with van der Waals surface area (Å²) in [6.45, 7) is 3.32. The van der Waals surface area contributed by atoms with Crippen LogP contribution < -0.4 is 10.1 Å². The van der Waals surface area contributed by atoms with E-state index in [-0.39, 0.29) is 11.9 Å². The van der Waals surface area contributed by atoms with Crippen LogP contribution in [0, 0.1) is 11.8 Å². The van der Waals surface area contributed by atoms with Crippen LogP contribution in [0.5, 0.6) is 5.75 Å². The molecule has 1 unspecified atom stereocenters. The maximum atomic E-state index is 12.7. The lowest BCUT2D eigenvalue weighted by molar-refractivity contribution is -0.129. The van der Waals surface area contributed by atoms with Crippen LogP contribution in [0.4, 0.5) is 4.79 Å². The van der Waals surface area contributed by atoms with Crippen molar-refractivity contribution in [2.24, 2.45) is 11.8 Å². The molecule has 0 aromatic heterocycles. The number of ether oxygens (including phenoxy) is 1. The molecule has 1 aromatic carbocycles. The topological polar surface area (TPSA) is 61.9 Å². The zero-order chi connectivity index (χ0) is 18.5. The van der Waals surface area contributed by atoms with Gasteiger partial charge in [0, 0.05) is 38.8 Å². The van der Waals surface area contributed by atoms with Gasteiger partial charge in [-0.1, -0.05) is 18.2 Å². The highest BCUT2D eigenvalue weighted by molar-refractivity contribution is 5.79. The number of urea groups is 1. The van der Waals surface area contributed by atoms with Gasteiger partial charge in [0.2, 0.25) is 5.91 Å². The monoisotopic (exact) mass is 359 g/mol. The summed E-state index contributed by atoms with van der Waals surface area (Å²) >= 11 is 0. The van der Waals surface area contributed by atoms with E-state index in [2.05, 4.69) is 5.32 Å². The number of likely N-dealkylation sites (tertiary alicyclic amines) is 2. The number of hydrogen-bond donors (Lipinski definition) is 1. The Bertz CT molecular complexity index is 641. The van der Waals surface area contributed by atoms with E-state index >= 15 is 0 Å². The zero-order valence-corrected chi connectivity index (χ0v) is 15.7. The lowest BCUT2D eigenvalue weighted by Gasteiger charge is -2.34. The third kappa shape index (κ3) is 4.11. The fourth-order valence-corrected chi connectivity index (χ4v) is 4.25. The molecule has 6 nitrogen and oxygen atoms in total. The van der Waals surface area contributed by atoms with Gasteiger partial charge in [0.1, 0.15) is 5.75 Å². The van der Waals surface area contributed by atoms with E-state index in [1.165, 1.54) is 0 Å². The van der Waals surface area contributed by atoms with Crippen molar-refractivity contribution in [2.45, 2.75) is 25.7 Å². The third-order valence-corrected chi connectivity index (χ3v) is 5.82. The Labute approximate surface area is 155 Å². The largest absolute Gasteiger partial charge is 0.496 e. The standard InChI is InChI=1S/C20H29N3O3/c1-21-20(25)22-10-7-15(8-11-22)17-9-12-23(14-17)19(24)13-16-5-3-4-6-18(16)26-2/h3-6,15,17H,7-14H2,1-2H3,(H,21,25). The SMILES string of the molecule is CNC(=O)N1CCC(C2CCN(C(=O)Cc3ccccc3OC)C2)CC1. The van der Waals surface area contributed by atoms with Crippen molar-refractivity contribution in [3.05, 3.63) is 29.8 Å². The molecule has 3 rings (SSSR count). The van der Waals surface area contributed by atoms with Crippen molar-refractivity contribution >= 4 is 11.9 Å². The van der Waals surface area contributed by atoms with E-state index in [1.807, 2.05) is 34.1 Å². The second-order valence-corrected chi connectivity index (χ2v) is 7.26. The van der Waals surface area contributed by atoms with Gasteiger partial charge >= 0.3 is 6.03 Å². The minimum atomic E-state index is 0.0171. The van der Waals surface area contributed by atoms with E-state index in [4.69, 9.17) is 4.74 Å². The molecule has 2 aliphatic rings. The van der Waals surface area contributed by atoms with Gasteiger partial charge in [-0.25, -0.2) is 4.79 Å². The van der Waals surface area contributed by atoms with Crippen molar-refractivity contribution in [3.63, 3.8) is 0 Å². The minimum Gasteiger partial charge on any atom is -0.496 e.